The van der Waals surface area contributed by atoms with E-state index in [1.807, 2.05) is 0 Å². The van der Waals surface area contributed by atoms with Crippen molar-refractivity contribution in [1.82, 2.24) is 9.97 Å². The molecule has 0 amide bonds. The molecule has 0 aliphatic rings. The van der Waals surface area contributed by atoms with Crippen LogP contribution in [0.15, 0.2) is 36.7 Å². The highest BCUT2D eigenvalue weighted by molar-refractivity contribution is 5.21. The van der Waals surface area contributed by atoms with Crippen LogP contribution in [0.25, 0.3) is 0 Å². The van der Waals surface area contributed by atoms with Gasteiger partial charge < -0.3 is 9.84 Å². The van der Waals surface area contributed by atoms with Gasteiger partial charge in [0.1, 0.15) is 18.2 Å². The summed E-state index contributed by atoms with van der Waals surface area (Å²) in [7, 11) is 1.49. The van der Waals surface area contributed by atoms with Crippen LogP contribution in [-0.2, 0) is 6.42 Å². The summed E-state index contributed by atoms with van der Waals surface area (Å²) in [5.41, 5.74) is 1.16. The van der Waals surface area contributed by atoms with E-state index in [9.17, 15) is 9.50 Å². The summed E-state index contributed by atoms with van der Waals surface area (Å²) in [6.45, 7) is 0. The molecule has 0 saturated carbocycles. The minimum atomic E-state index is -0.816. The molecule has 0 saturated heterocycles. The molecular weight excluding hydrogens is 235 g/mol. The van der Waals surface area contributed by atoms with E-state index in [-0.39, 0.29) is 12.2 Å². The normalized spacial score (nSPS) is 12.2. The van der Waals surface area contributed by atoms with Crippen LogP contribution in [0.3, 0.4) is 0 Å². The molecule has 1 aromatic carbocycles. The van der Waals surface area contributed by atoms with Gasteiger partial charge in [0, 0.05) is 12.5 Å². The van der Waals surface area contributed by atoms with Crippen LogP contribution in [0.4, 0.5) is 4.39 Å². The monoisotopic (exact) mass is 248 g/mol. The number of nitrogens with zero attached hydrogens (tertiary/aromatic N) is 2. The molecule has 94 valence electrons. The first-order chi connectivity index (χ1) is 8.69. The Hall–Kier alpha value is -2.01. The third kappa shape index (κ3) is 3.01. The lowest BCUT2D eigenvalue weighted by Crippen LogP contribution is -2.05. The van der Waals surface area contributed by atoms with E-state index < -0.39 is 6.10 Å². The maximum absolute atomic E-state index is 13.0. The number of halogens is 1. The lowest BCUT2D eigenvalue weighted by molar-refractivity contribution is 0.172. The summed E-state index contributed by atoms with van der Waals surface area (Å²) in [6, 6.07) is 7.68. The maximum atomic E-state index is 13.0. The molecule has 5 heteroatoms. The van der Waals surface area contributed by atoms with Gasteiger partial charge in [-0.2, -0.15) is 0 Å². The van der Waals surface area contributed by atoms with Crippen molar-refractivity contribution < 1.29 is 14.2 Å². The summed E-state index contributed by atoms with van der Waals surface area (Å²) in [6.07, 6.45) is 0.796. The maximum Gasteiger partial charge on any atom is 0.216 e. The number of hydrogen-bond acceptors (Lipinski definition) is 4. The molecular formula is C13H13FN2O2. The Bertz CT molecular complexity index is 534. The van der Waals surface area contributed by atoms with Gasteiger partial charge in [-0.05, 0) is 17.7 Å². The molecule has 4 nitrogen and oxygen atoms in total. The van der Waals surface area contributed by atoms with E-state index in [0.29, 0.717) is 17.1 Å². The Morgan fingerprint density at radius 3 is 2.89 bits per heavy atom. The number of aliphatic hydroxyl groups is 1. The summed E-state index contributed by atoms with van der Waals surface area (Å²) in [5, 5.41) is 10.0. The van der Waals surface area contributed by atoms with Crippen LogP contribution in [0.5, 0.6) is 5.88 Å². The van der Waals surface area contributed by atoms with Crippen LogP contribution < -0.4 is 4.74 Å². The zero-order chi connectivity index (χ0) is 13.0. The number of rotatable bonds is 4. The van der Waals surface area contributed by atoms with Gasteiger partial charge in [0.2, 0.25) is 5.88 Å². The molecule has 1 aromatic heterocycles. The van der Waals surface area contributed by atoms with Gasteiger partial charge in [-0.15, -0.1) is 0 Å². The molecule has 18 heavy (non-hydrogen) atoms. The first-order valence-electron chi connectivity index (χ1n) is 5.47. The molecule has 0 fully saturated rings. The van der Waals surface area contributed by atoms with Gasteiger partial charge >= 0.3 is 0 Å². The lowest BCUT2D eigenvalue weighted by Gasteiger charge is -2.10. The van der Waals surface area contributed by atoms with Crippen molar-refractivity contribution in [2.75, 3.05) is 7.11 Å². The molecule has 0 aliphatic heterocycles. The van der Waals surface area contributed by atoms with Crippen LogP contribution >= 0.6 is 0 Å². The summed E-state index contributed by atoms with van der Waals surface area (Å²) < 4.78 is 18.0. The number of ether oxygens (including phenoxy) is 1. The largest absolute Gasteiger partial charge is 0.481 e. The van der Waals surface area contributed by atoms with Gasteiger partial charge in [0.15, 0.2) is 0 Å². The highest BCUT2D eigenvalue weighted by atomic mass is 19.1. The van der Waals surface area contributed by atoms with Crippen LogP contribution in [0.2, 0.25) is 0 Å². The lowest BCUT2D eigenvalue weighted by atomic mass is 10.1. The van der Waals surface area contributed by atoms with E-state index in [1.54, 1.807) is 18.2 Å². The topological polar surface area (TPSA) is 55.2 Å². The molecule has 2 aromatic rings. The van der Waals surface area contributed by atoms with Crippen LogP contribution in [0, 0.1) is 5.82 Å². The Morgan fingerprint density at radius 2 is 2.17 bits per heavy atom. The quantitative estimate of drug-likeness (QED) is 0.897. The Kier molecular flexibility index (Phi) is 3.84. The molecule has 0 bridgehead atoms. The average molecular weight is 248 g/mol. The molecule has 1 unspecified atom stereocenters. The van der Waals surface area contributed by atoms with Gasteiger partial charge in [-0.3, -0.25) is 0 Å². The molecule has 1 N–H and O–H groups in total. The predicted octanol–water partition coefficient (Wildman–Crippen LogP) is 1.90. The molecule has 1 atom stereocenters. The second-order valence-corrected chi connectivity index (χ2v) is 3.84. The van der Waals surface area contributed by atoms with Gasteiger partial charge in [0.25, 0.3) is 0 Å². The fourth-order valence-corrected chi connectivity index (χ4v) is 1.64. The zero-order valence-electron chi connectivity index (χ0n) is 9.88. The minimum Gasteiger partial charge on any atom is -0.481 e. The van der Waals surface area contributed by atoms with Crippen molar-refractivity contribution in [2.24, 2.45) is 0 Å². The van der Waals surface area contributed by atoms with Crippen LogP contribution in [-0.4, -0.2) is 22.2 Å². The van der Waals surface area contributed by atoms with Gasteiger partial charge in [0.05, 0.1) is 12.8 Å². The average Bonchev–Trinajstić information content (AvgIpc) is 2.39. The van der Waals surface area contributed by atoms with E-state index >= 15 is 0 Å². The van der Waals surface area contributed by atoms with Crippen molar-refractivity contribution >= 4 is 0 Å². The molecule has 2 rings (SSSR count). The first-order valence-corrected chi connectivity index (χ1v) is 5.47. The van der Waals surface area contributed by atoms with Crippen molar-refractivity contribution in [2.45, 2.75) is 12.5 Å². The Balaban J connectivity index is 2.13. The van der Waals surface area contributed by atoms with E-state index in [1.165, 1.54) is 25.6 Å². The van der Waals surface area contributed by atoms with E-state index in [4.69, 9.17) is 4.74 Å². The second-order valence-electron chi connectivity index (χ2n) is 3.84. The van der Waals surface area contributed by atoms with Crippen LogP contribution in [0.1, 0.15) is 17.4 Å². The predicted molar refractivity (Wildman–Crippen MR) is 63.6 cm³/mol. The molecule has 0 radical (unpaired) electrons. The zero-order valence-corrected chi connectivity index (χ0v) is 9.88. The third-order valence-electron chi connectivity index (χ3n) is 2.53. The number of hydrogen-bond donors (Lipinski definition) is 1. The number of aliphatic hydroxyl groups excluding tert-OH is 1. The fourth-order valence-electron chi connectivity index (χ4n) is 1.64. The molecule has 0 spiro atoms. The molecule has 0 aliphatic carbocycles. The van der Waals surface area contributed by atoms with Gasteiger partial charge in [-0.25, -0.2) is 14.4 Å². The fraction of sp³-hybridized carbons (Fsp3) is 0.231. The Morgan fingerprint density at radius 1 is 1.33 bits per heavy atom. The SMILES string of the molecule is COc1cc(C(O)Cc2cccc(F)c2)ncn1. The number of benzene rings is 1. The third-order valence-corrected chi connectivity index (χ3v) is 2.53. The standard InChI is InChI=1S/C13H13FN2O2/c1-18-13-7-11(15-8-16-13)12(17)6-9-3-2-4-10(14)5-9/h2-5,7-8,12,17H,6H2,1H3. The van der Waals surface area contributed by atoms with E-state index in [0.717, 1.165) is 0 Å². The highest BCUT2D eigenvalue weighted by Crippen LogP contribution is 2.19. The highest BCUT2D eigenvalue weighted by Gasteiger charge is 2.11. The number of aromatic nitrogens is 2. The summed E-state index contributed by atoms with van der Waals surface area (Å²) in [5.74, 6) is 0.0678. The summed E-state index contributed by atoms with van der Waals surface area (Å²) in [4.78, 5) is 7.83. The van der Waals surface area contributed by atoms with Crippen molar-refractivity contribution in [3.05, 3.63) is 53.7 Å². The van der Waals surface area contributed by atoms with Crippen molar-refractivity contribution in [3.63, 3.8) is 0 Å². The van der Waals surface area contributed by atoms with Crippen molar-refractivity contribution in [3.8, 4) is 5.88 Å². The first kappa shape index (κ1) is 12.4. The second kappa shape index (κ2) is 5.55. The van der Waals surface area contributed by atoms with E-state index in [2.05, 4.69) is 9.97 Å². The smallest absolute Gasteiger partial charge is 0.216 e. The van der Waals surface area contributed by atoms with Gasteiger partial charge in [-0.1, -0.05) is 12.1 Å². The number of methoxy groups -OCH3 is 1. The minimum absolute atomic E-state index is 0.290. The molecule has 1 heterocycles. The van der Waals surface area contributed by atoms with Crippen molar-refractivity contribution in [1.29, 1.82) is 0 Å². The summed E-state index contributed by atoms with van der Waals surface area (Å²) >= 11 is 0. The Labute approximate surface area is 104 Å².